The normalized spacial score (nSPS) is 13.4. The lowest BCUT2D eigenvalue weighted by Gasteiger charge is -2.11. The monoisotopic (exact) mass is 265 g/mol. The third-order valence-corrected chi connectivity index (χ3v) is 2.82. The van der Waals surface area contributed by atoms with E-state index in [2.05, 4.69) is 5.32 Å². The summed E-state index contributed by atoms with van der Waals surface area (Å²) in [5.74, 6) is -0.734. The number of nitrogens with one attached hydrogen (secondary N) is 1. The molecule has 1 aromatic rings. The Morgan fingerprint density at radius 1 is 1.41 bits per heavy atom. The van der Waals surface area contributed by atoms with E-state index in [0.29, 0.717) is 0 Å². The standard InChI is InChI=1S/C9H12FNO5S/c10-8-2-1-7(17(14,15)16)3-9(8)11-4-6(13)5-12/h1-3,6,11-13H,4-5H2,(H,14,15,16). The zero-order valence-corrected chi connectivity index (χ0v) is 9.48. The topological polar surface area (TPSA) is 107 Å². The van der Waals surface area contributed by atoms with Crippen molar-refractivity contribution in [3.05, 3.63) is 24.0 Å². The first-order chi connectivity index (χ1) is 7.84. The molecule has 4 N–H and O–H groups in total. The Bertz CT molecular complexity index is 490. The van der Waals surface area contributed by atoms with Crippen molar-refractivity contribution in [1.29, 1.82) is 0 Å². The van der Waals surface area contributed by atoms with Gasteiger partial charge in [0.15, 0.2) is 0 Å². The predicted molar refractivity (Wildman–Crippen MR) is 57.8 cm³/mol. The van der Waals surface area contributed by atoms with E-state index in [0.717, 1.165) is 18.2 Å². The molecule has 0 radical (unpaired) electrons. The molecule has 0 aliphatic rings. The summed E-state index contributed by atoms with van der Waals surface area (Å²) in [6.45, 7) is -0.658. The van der Waals surface area contributed by atoms with Crippen LogP contribution in [0.5, 0.6) is 0 Å². The fourth-order valence-electron chi connectivity index (χ4n) is 1.09. The Morgan fingerprint density at radius 3 is 2.59 bits per heavy atom. The molecule has 96 valence electrons. The van der Waals surface area contributed by atoms with Crippen molar-refractivity contribution < 1.29 is 27.6 Å². The van der Waals surface area contributed by atoms with Gasteiger partial charge in [0, 0.05) is 6.54 Å². The van der Waals surface area contributed by atoms with Crippen LogP contribution in [0.25, 0.3) is 0 Å². The second-order valence-electron chi connectivity index (χ2n) is 3.33. The molecule has 1 atom stereocenters. The smallest absolute Gasteiger partial charge is 0.294 e. The fraction of sp³-hybridized carbons (Fsp3) is 0.333. The van der Waals surface area contributed by atoms with Gasteiger partial charge in [0.05, 0.1) is 23.3 Å². The molecular weight excluding hydrogens is 253 g/mol. The zero-order valence-electron chi connectivity index (χ0n) is 8.67. The van der Waals surface area contributed by atoms with E-state index in [1.807, 2.05) is 0 Å². The summed E-state index contributed by atoms with van der Waals surface area (Å²) in [6, 6.07) is 2.68. The average molecular weight is 265 g/mol. The van der Waals surface area contributed by atoms with E-state index >= 15 is 0 Å². The average Bonchev–Trinajstić information content (AvgIpc) is 2.26. The lowest BCUT2D eigenvalue weighted by molar-refractivity contribution is 0.105. The van der Waals surface area contributed by atoms with Gasteiger partial charge in [-0.3, -0.25) is 4.55 Å². The van der Waals surface area contributed by atoms with Gasteiger partial charge in [-0.25, -0.2) is 4.39 Å². The third-order valence-electron chi connectivity index (χ3n) is 1.97. The molecule has 0 spiro atoms. The molecule has 0 aromatic heterocycles. The maximum Gasteiger partial charge on any atom is 0.294 e. The molecule has 0 aliphatic heterocycles. The van der Waals surface area contributed by atoms with Crippen molar-refractivity contribution in [2.75, 3.05) is 18.5 Å². The van der Waals surface area contributed by atoms with Gasteiger partial charge in [0.2, 0.25) is 0 Å². The highest BCUT2D eigenvalue weighted by atomic mass is 32.2. The number of anilines is 1. The van der Waals surface area contributed by atoms with Crippen LogP contribution in [0.15, 0.2) is 23.1 Å². The number of benzene rings is 1. The highest BCUT2D eigenvalue weighted by Gasteiger charge is 2.13. The minimum absolute atomic E-state index is 0.150. The molecule has 8 heteroatoms. The number of aliphatic hydroxyl groups is 2. The van der Waals surface area contributed by atoms with Crippen LogP contribution < -0.4 is 5.32 Å². The second kappa shape index (κ2) is 5.41. The first-order valence-corrected chi connectivity index (χ1v) is 6.08. The van der Waals surface area contributed by atoms with E-state index in [4.69, 9.17) is 14.8 Å². The lowest BCUT2D eigenvalue weighted by Crippen LogP contribution is -2.23. The molecule has 0 aliphatic carbocycles. The van der Waals surface area contributed by atoms with Gasteiger partial charge in [-0.2, -0.15) is 8.42 Å². The van der Waals surface area contributed by atoms with Crippen LogP contribution >= 0.6 is 0 Å². The Morgan fingerprint density at radius 2 is 2.06 bits per heavy atom. The van der Waals surface area contributed by atoms with Crippen LogP contribution in [0.2, 0.25) is 0 Å². The van der Waals surface area contributed by atoms with Gasteiger partial charge >= 0.3 is 0 Å². The summed E-state index contributed by atoms with van der Waals surface area (Å²) in [4.78, 5) is -0.458. The Labute approximate surface area is 97.5 Å². The van der Waals surface area contributed by atoms with Gasteiger partial charge in [0.25, 0.3) is 10.1 Å². The van der Waals surface area contributed by atoms with Crippen molar-refractivity contribution >= 4 is 15.8 Å². The molecule has 1 aromatic carbocycles. The third kappa shape index (κ3) is 3.93. The van der Waals surface area contributed by atoms with Crippen LogP contribution in [0.3, 0.4) is 0 Å². The van der Waals surface area contributed by atoms with Gasteiger partial charge in [0.1, 0.15) is 5.82 Å². The predicted octanol–water partition coefficient (Wildman–Crippen LogP) is -0.163. The highest BCUT2D eigenvalue weighted by Crippen LogP contribution is 2.19. The van der Waals surface area contributed by atoms with E-state index in [9.17, 15) is 12.8 Å². The molecule has 0 amide bonds. The maximum absolute atomic E-state index is 13.2. The quantitative estimate of drug-likeness (QED) is 0.551. The Hall–Kier alpha value is -1.22. The van der Waals surface area contributed by atoms with Crippen molar-refractivity contribution in [2.24, 2.45) is 0 Å². The van der Waals surface area contributed by atoms with E-state index in [1.165, 1.54) is 0 Å². The first kappa shape index (κ1) is 13.8. The second-order valence-corrected chi connectivity index (χ2v) is 4.76. The minimum atomic E-state index is -4.40. The Balaban J connectivity index is 2.92. The number of rotatable bonds is 5. The lowest BCUT2D eigenvalue weighted by atomic mass is 10.3. The molecule has 1 unspecified atom stereocenters. The van der Waals surface area contributed by atoms with Crippen molar-refractivity contribution in [3.63, 3.8) is 0 Å². The molecule has 0 heterocycles. The van der Waals surface area contributed by atoms with Gasteiger partial charge < -0.3 is 15.5 Å². The van der Waals surface area contributed by atoms with Crippen LogP contribution in [0.1, 0.15) is 0 Å². The van der Waals surface area contributed by atoms with E-state index in [1.54, 1.807) is 0 Å². The van der Waals surface area contributed by atoms with Crippen molar-refractivity contribution in [1.82, 2.24) is 0 Å². The number of halogens is 1. The minimum Gasteiger partial charge on any atom is -0.394 e. The van der Waals surface area contributed by atoms with Crippen molar-refractivity contribution in [3.8, 4) is 0 Å². The van der Waals surface area contributed by atoms with Crippen LogP contribution in [-0.2, 0) is 10.1 Å². The highest BCUT2D eigenvalue weighted by molar-refractivity contribution is 7.85. The van der Waals surface area contributed by atoms with Gasteiger partial charge in [-0.05, 0) is 18.2 Å². The summed E-state index contributed by atoms with van der Waals surface area (Å²) in [5, 5.41) is 20.0. The van der Waals surface area contributed by atoms with E-state index in [-0.39, 0.29) is 12.2 Å². The summed E-state index contributed by atoms with van der Waals surface area (Å²) in [5.41, 5.74) is -0.187. The van der Waals surface area contributed by atoms with Crippen LogP contribution in [-0.4, -0.2) is 42.4 Å². The molecule has 0 fully saturated rings. The van der Waals surface area contributed by atoms with Crippen LogP contribution in [0.4, 0.5) is 10.1 Å². The van der Waals surface area contributed by atoms with E-state index < -0.39 is 33.5 Å². The molecule has 0 bridgehead atoms. The molecular formula is C9H12FNO5S. The summed E-state index contributed by atoms with van der Waals surface area (Å²) in [7, 11) is -4.40. The Kier molecular flexibility index (Phi) is 4.40. The molecule has 1 rings (SSSR count). The summed E-state index contributed by atoms with van der Waals surface area (Å²) >= 11 is 0. The van der Waals surface area contributed by atoms with Gasteiger partial charge in [-0.1, -0.05) is 0 Å². The maximum atomic E-state index is 13.2. The largest absolute Gasteiger partial charge is 0.394 e. The van der Waals surface area contributed by atoms with Crippen LogP contribution in [0, 0.1) is 5.82 Å². The number of hydrogen-bond acceptors (Lipinski definition) is 5. The van der Waals surface area contributed by atoms with Gasteiger partial charge in [-0.15, -0.1) is 0 Å². The number of aliphatic hydroxyl groups excluding tert-OH is 2. The zero-order chi connectivity index (χ0) is 13.1. The molecule has 6 nitrogen and oxygen atoms in total. The SMILES string of the molecule is O=S(=O)(O)c1ccc(F)c(NCC(O)CO)c1. The first-order valence-electron chi connectivity index (χ1n) is 4.64. The fourth-order valence-corrected chi connectivity index (χ4v) is 1.60. The molecule has 17 heavy (non-hydrogen) atoms. The summed E-state index contributed by atoms with van der Waals surface area (Å²) in [6.07, 6.45) is -1.09. The summed E-state index contributed by atoms with van der Waals surface area (Å²) < 4.78 is 43.6. The molecule has 0 saturated heterocycles. The number of hydrogen-bond donors (Lipinski definition) is 4. The van der Waals surface area contributed by atoms with Crippen molar-refractivity contribution in [2.45, 2.75) is 11.0 Å². The molecule has 0 saturated carbocycles.